The Hall–Kier alpha value is -1.07. The van der Waals surface area contributed by atoms with Gasteiger partial charge in [0.1, 0.15) is 10.7 Å². The highest BCUT2D eigenvalue weighted by Crippen LogP contribution is 2.42. The summed E-state index contributed by atoms with van der Waals surface area (Å²) >= 11 is 6.08. The maximum atomic E-state index is 11.2. The highest BCUT2D eigenvalue weighted by atomic mass is 35.5. The zero-order chi connectivity index (χ0) is 12.6. The van der Waals surface area contributed by atoms with Crippen molar-refractivity contribution in [2.45, 2.75) is 25.3 Å². The van der Waals surface area contributed by atoms with E-state index >= 15 is 0 Å². The lowest BCUT2D eigenvalue weighted by molar-refractivity contribution is 0.0695. The quantitative estimate of drug-likeness (QED) is 0.872. The van der Waals surface area contributed by atoms with E-state index in [9.17, 15) is 4.79 Å². The molecule has 1 aromatic rings. The molecule has 1 fully saturated rings. The van der Waals surface area contributed by atoms with Crippen LogP contribution in [-0.4, -0.2) is 46.4 Å². The van der Waals surface area contributed by atoms with Crippen LogP contribution in [0.15, 0.2) is 0 Å². The second kappa shape index (κ2) is 4.66. The lowest BCUT2D eigenvalue weighted by Gasteiger charge is -2.09. The largest absolute Gasteiger partial charge is 0.478 e. The molecule has 0 radical (unpaired) electrons. The molecule has 0 atom stereocenters. The van der Waals surface area contributed by atoms with E-state index in [1.165, 1.54) is 0 Å². The number of likely N-dealkylation sites (N-methyl/N-ethyl adjacent to an activating group) is 1. The van der Waals surface area contributed by atoms with E-state index in [-0.39, 0.29) is 10.7 Å². The van der Waals surface area contributed by atoms with Crippen molar-refractivity contribution in [2.75, 3.05) is 20.6 Å². The number of carbonyl (C=O) groups is 1. The van der Waals surface area contributed by atoms with Crippen LogP contribution in [0.4, 0.5) is 0 Å². The molecule has 5 nitrogen and oxygen atoms in total. The number of hydrogen-bond donors (Lipinski definition) is 1. The van der Waals surface area contributed by atoms with Crippen molar-refractivity contribution in [1.29, 1.82) is 0 Å². The van der Waals surface area contributed by atoms with E-state index in [2.05, 4.69) is 5.10 Å². The van der Waals surface area contributed by atoms with Gasteiger partial charge in [-0.25, -0.2) is 4.79 Å². The number of nitrogens with zero attached hydrogens (tertiary/aromatic N) is 3. The minimum Gasteiger partial charge on any atom is -0.478 e. The van der Waals surface area contributed by atoms with Crippen molar-refractivity contribution >= 4 is 17.6 Å². The first-order valence-corrected chi connectivity index (χ1v) is 6.02. The molecule has 17 heavy (non-hydrogen) atoms. The van der Waals surface area contributed by atoms with Crippen LogP contribution in [0.25, 0.3) is 0 Å². The second-order valence-electron chi connectivity index (χ2n) is 4.66. The molecular weight excluding hydrogens is 242 g/mol. The molecule has 0 amide bonds. The lowest BCUT2D eigenvalue weighted by Crippen LogP contribution is -2.19. The summed E-state index contributed by atoms with van der Waals surface area (Å²) < 4.78 is 1.60. The molecular formula is C11H16ClN3O2. The van der Waals surface area contributed by atoms with Crippen LogP contribution >= 0.6 is 11.6 Å². The summed E-state index contributed by atoms with van der Waals surface area (Å²) in [6.07, 6.45) is 2.03. The van der Waals surface area contributed by atoms with Crippen LogP contribution in [0.5, 0.6) is 0 Å². The van der Waals surface area contributed by atoms with Gasteiger partial charge in [0.25, 0.3) is 0 Å². The highest BCUT2D eigenvalue weighted by Gasteiger charge is 2.34. The minimum atomic E-state index is -0.979. The minimum absolute atomic E-state index is 0.188. The Kier molecular flexibility index (Phi) is 3.40. The summed E-state index contributed by atoms with van der Waals surface area (Å²) in [5.41, 5.74) is 0.842. The molecule has 1 heterocycles. The van der Waals surface area contributed by atoms with E-state index in [0.717, 1.165) is 19.4 Å². The average molecular weight is 258 g/mol. The Balaban J connectivity index is 2.27. The Morgan fingerprint density at radius 1 is 1.59 bits per heavy atom. The third-order valence-corrected chi connectivity index (χ3v) is 3.24. The number of carboxylic acid groups (broad SMARTS) is 1. The van der Waals surface area contributed by atoms with Gasteiger partial charge in [0.15, 0.2) is 0 Å². The number of aromatic nitrogens is 2. The van der Waals surface area contributed by atoms with E-state index in [1.807, 2.05) is 19.0 Å². The molecule has 0 saturated heterocycles. The number of hydrogen-bond acceptors (Lipinski definition) is 3. The molecule has 6 heteroatoms. The van der Waals surface area contributed by atoms with Gasteiger partial charge < -0.3 is 10.0 Å². The Morgan fingerprint density at radius 2 is 2.24 bits per heavy atom. The van der Waals surface area contributed by atoms with Crippen molar-refractivity contribution in [1.82, 2.24) is 14.7 Å². The smallest absolute Gasteiger partial charge is 0.340 e. The van der Waals surface area contributed by atoms with Gasteiger partial charge in [-0.3, -0.25) is 4.68 Å². The number of aromatic carboxylic acids is 1. The second-order valence-corrected chi connectivity index (χ2v) is 5.01. The van der Waals surface area contributed by atoms with Gasteiger partial charge >= 0.3 is 5.97 Å². The van der Waals surface area contributed by atoms with Crippen molar-refractivity contribution in [3.05, 3.63) is 16.4 Å². The maximum Gasteiger partial charge on any atom is 0.340 e. The summed E-state index contributed by atoms with van der Waals surface area (Å²) in [7, 11) is 3.91. The van der Waals surface area contributed by atoms with Crippen molar-refractivity contribution in [2.24, 2.45) is 0 Å². The molecule has 1 N–H and O–H groups in total. The topological polar surface area (TPSA) is 58.4 Å². The van der Waals surface area contributed by atoms with E-state index in [1.54, 1.807) is 4.68 Å². The van der Waals surface area contributed by atoms with Crippen LogP contribution in [0.3, 0.4) is 0 Å². The van der Waals surface area contributed by atoms with Gasteiger partial charge in [0.2, 0.25) is 0 Å². The van der Waals surface area contributed by atoms with Crippen molar-refractivity contribution in [3.63, 3.8) is 0 Å². The van der Waals surface area contributed by atoms with Gasteiger partial charge in [0.05, 0.1) is 12.2 Å². The van der Waals surface area contributed by atoms with Crippen LogP contribution < -0.4 is 0 Å². The predicted molar refractivity (Wildman–Crippen MR) is 64.7 cm³/mol. The van der Waals surface area contributed by atoms with E-state index < -0.39 is 5.97 Å². The third-order valence-electron chi connectivity index (χ3n) is 2.85. The first-order valence-electron chi connectivity index (χ1n) is 5.65. The molecule has 94 valence electrons. The van der Waals surface area contributed by atoms with Gasteiger partial charge in [-0.15, -0.1) is 0 Å². The van der Waals surface area contributed by atoms with Crippen LogP contribution in [0, 0.1) is 0 Å². The van der Waals surface area contributed by atoms with Crippen LogP contribution in [0.2, 0.25) is 5.15 Å². The summed E-state index contributed by atoms with van der Waals surface area (Å²) in [6, 6.07) is 0. The van der Waals surface area contributed by atoms with Gasteiger partial charge in [-0.1, -0.05) is 11.6 Å². The normalized spacial score (nSPS) is 15.5. The summed E-state index contributed by atoms with van der Waals surface area (Å²) in [6.45, 7) is 1.39. The standard InChI is InChI=1S/C11H16ClN3O2/c1-14(2)5-6-15-10(12)8(11(16)17)9(13-15)7-3-4-7/h7H,3-6H2,1-2H3,(H,16,17). The molecule has 0 spiro atoms. The zero-order valence-electron chi connectivity index (χ0n) is 9.98. The van der Waals surface area contributed by atoms with Gasteiger partial charge in [0, 0.05) is 12.5 Å². The SMILES string of the molecule is CN(C)CCn1nc(C2CC2)c(C(=O)O)c1Cl. The zero-order valence-corrected chi connectivity index (χ0v) is 10.7. The number of rotatable bonds is 5. The lowest BCUT2D eigenvalue weighted by atomic mass is 10.2. The molecule has 0 unspecified atom stereocenters. The Morgan fingerprint density at radius 3 is 2.71 bits per heavy atom. The molecule has 0 aliphatic heterocycles. The monoisotopic (exact) mass is 257 g/mol. The molecule has 1 aromatic heterocycles. The van der Waals surface area contributed by atoms with E-state index in [0.29, 0.717) is 18.2 Å². The fraction of sp³-hybridized carbons (Fsp3) is 0.636. The summed E-state index contributed by atoms with van der Waals surface area (Å²) in [5, 5.41) is 13.8. The predicted octanol–water partition coefficient (Wildman–Crippen LogP) is 1.67. The Labute approximate surface area is 105 Å². The van der Waals surface area contributed by atoms with Gasteiger partial charge in [-0.05, 0) is 26.9 Å². The van der Waals surface area contributed by atoms with Gasteiger partial charge in [-0.2, -0.15) is 5.10 Å². The third kappa shape index (κ3) is 2.61. The highest BCUT2D eigenvalue weighted by molar-refractivity contribution is 6.32. The fourth-order valence-electron chi connectivity index (χ4n) is 1.74. The van der Waals surface area contributed by atoms with Crippen molar-refractivity contribution < 1.29 is 9.90 Å². The number of halogens is 1. The Bertz CT molecular complexity index is 438. The summed E-state index contributed by atoms with van der Waals surface area (Å²) in [5.74, 6) is -0.688. The molecule has 1 aliphatic carbocycles. The molecule has 0 bridgehead atoms. The molecule has 2 rings (SSSR count). The maximum absolute atomic E-state index is 11.2. The summed E-state index contributed by atoms with van der Waals surface area (Å²) in [4.78, 5) is 13.2. The molecule has 1 saturated carbocycles. The van der Waals surface area contributed by atoms with Crippen LogP contribution in [-0.2, 0) is 6.54 Å². The van der Waals surface area contributed by atoms with Crippen molar-refractivity contribution in [3.8, 4) is 0 Å². The fourth-order valence-corrected chi connectivity index (χ4v) is 2.04. The molecule has 0 aromatic carbocycles. The van der Waals surface area contributed by atoms with E-state index in [4.69, 9.17) is 16.7 Å². The average Bonchev–Trinajstić information content (AvgIpc) is 3.00. The first-order chi connectivity index (χ1) is 8.00. The first kappa shape index (κ1) is 12.4. The van der Waals surface area contributed by atoms with Crippen LogP contribution in [0.1, 0.15) is 34.8 Å². The number of carboxylic acids is 1. The molecule has 1 aliphatic rings.